The van der Waals surface area contributed by atoms with Crippen LogP contribution in [0.5, 0.6) is 5.75 Å². The number of carbonyl (C=O) groups is 1. The predicted octanol–water partition coefficient (Wildman–Crippen LogP) is 5.33. The first-order chi connectivity index (χ1) is 15.6. The van der Waals surface area contributed by atoms with Crippen LogP contribution in [0.2, 0.25) is 5.02 Å². The molecule has 1 N–H and O–H groups in total. The van der Waals surface area contributed by atoms with Crippen LogP contribution in [-0.4, -0.2) is 48.7 Å². The van der Waals surface area contributed by atoms with E-state index in [-0.39, 0.29) is 5.91 Å². The maximum atomic E-state index is 13.1. The van der Waals surface area contributed by atoms with Crippen LogP contribution in [0.4, 0.5) is 0 Å². The molecule has 1 aliphatic heterocycles. The third kappa shape index (κ3) is 5.00. The molecule has 1 saturated heterocycles. The Balaban J connectivity index is 1.62. The van der Waals surface area contributed by atoms with E-state index in [1.165, 1.54) is 19.3 Å². The standard InChI is InChI=1S/C26H30ClN3O2/c1-19-24(26(31)28-14-17-29-15-4-3-5-16-29)18-25(20-6-8-21(27)9-7-20)30(19)22-10-12-23(32-2)13-11-22/h6-13,18H,3-5,14-17H2,1-2H3,(H,28,31). The fourth-order valence-electron chi connectivity index (χ4n) is 4.34. The maximum absolute atomic E-state index is 13.1. The van der Waals surface area contributed by atoms with E-state index >= 15 is 0 Å². The summed E-state index contributed by atoms with van der Waals surface area (Å²) in [5.41, 5.74) is 4.51. The quantitative estimate of drug-likeness (QED) is 0.528. The van der Waals surface area contributed by atoms with Crippen molar-refractivity contribution < 1.29 is 9.53 Å². The monoisotopic (exact) mass is 451 g/mol. The molecule has 1 aromatic heterocycles. The molecule has 0 bridgehead atoms. The number of nitrogens with zero attached hydrogens (tertiary/aromatic N) is 2. The second-order valence-corrected chi connectivity index (χ2v) is 8.66. The Hall–Kier alpha value is -2.76. The molecule has 4 rings (SSSR count). The molecule has 0 spiro atoms. The molecule has 0 saturated carbocycles. The van der Waals surface area contributed by atoms with Crippen molar-refractivity contribution in [3.8, 4) is 22.7 Å². The largest absolute Gasteiger partial charge is 0.497 e. The number of ether oxygens (including phenoxy) is 1. The highest BCUT2D eigenvalue weighted by Crippen LogP contribution is 2.31. The van der Waals surface area contributed by atoms with Crippen molar-refractivity contribution in [3.63, 3.8) is 0 Å². The molecular formula is C26H30ClN3O2. The molecule has 1 amide bonds. The molecule has 2 aromatic carbocycles. The first-order valence-electron chi connectivity index (χ1n) is 11.2. The highest BCUT2D eigenvalue weighted by Gasteiger charge is 2.20. The number of carbonyl (C=O) groups excluding carboxylic acids is 1. The zero-order valence-corrected chi connectivity index (χ0v) is 19.5. The van der Waals surface area contributed by atoms with Gasteiger partial charge >= 0.3 is 0 Å². The number of hydrogen-bond donors (Lipinski definition) is 1. The summed E-state index contributed by atoms with van der Waals surface area (Å²) in [6.07, 6.45) is 3.82. The van der Waals surface area contributed by atoms with Crippen LogP contribution in [0.3, 0.4) is 0 Å². The summed E-state index contributed by atoms with van der Waals surface area (Å²) in [6.45, 7) is 5.80. The molecule has 0 aliphatic carbocycles. The van der Waals surface area contributed by atoms with Crippen molar-refractivity contribution in [1.82, 2.24) is 14.8 Å². The van der Waals surface area contributed by atoms with Gasteiger partial charge in [-0.3, -0.25) is 4.79 Å². The Kier molecular flexibility index (Phi) is 7.18. The van der Waals surface area contributed by atoms with Gasteiger partial charge in [0.05, 0.1) is 18.4 Å². The first kappa shape index (κ1) is 22.4. The van der Waals surface area contributed by atoms with Crippen molar-refractivity contribution >= 4 is 17.5 Å². The van der Waals surface area contributed by atoms with E-state index in [9.17, 15) is 4.79 Å². The van der Waals surface area contributed by atoms with E-state index in [2.05, 4.69) is 14.8 Å². The third-order valence-corrected chi connectivity index (χ3v) is 6.38. The van der Waals surface area contributed by atoms with Crippen LogP contribution in [0, 0.1) is 6.92 Å². The first-order valence-corrected chi connectivity index (χ1v) is 11.6. The lowest BCUT2D eigenvalue weighted by Crippen LogP contribution is -2.37. The Morgan fingerprint density at radius 3 is 2.38 bits per heavy atom. The minimum Gasteiger partial charge on any atom is -0.497 e. The number of hydrogen-bond acceptors (Lipinski definition) is 3. The van der Waals surface area contributed by atoms with Crippen LogP contribution in [0.15, 0.2) is 54.6 Å². The van der Waals surface area contributed by atoms with Crippen LogP contribution >= 0.6 is 11.6 Å². The lowest BCUT2D eigenvalue weighted by Gasteiger charge is -2.26. The van der Waals surface area contributed by atoms with Gasteiger partial charge in [0.15, 0.2) is 0 Å². The van der Waals surface area contributed by atoms with E-state index < -0.39 is 0 Å². The lowest BCUT2D eigenvalue weighted by molar-refractivity contribution is 0.0946. The molecule has 0 radical (unpaired) electrons. The van der Waals surface area contributed by atoms with E-state index in [4.69, 9.17) is 16.3 Å². The lowest BCUT2D eigenvalue weighted by atomic mass is 10.1. The van der Waals surface area contributed by atoms with Crippen molar-refractivity contribution in [2.45, 2.75) is 26.2 Å². The Morgan fingerprint density at radius 1 is 1.03 bits per heavy atom. The van der Waals surface area contributed by atoms with E-state index in [0.29, 0.717) is 17.1 Å². The van der Waals surface area contributed by atoms with Crippen LogP contribution in [0.1, 0.15) is 35.3 Å². The van der Waals surface area contributed by atoms with Gasteiger partial charge in [-0.15, -0.1) is 0 Å². The minimum absolute atomic E-state index is 0.0398. The second kappa shape index (κ2) is 10.2. The summed E-state index contributed by atoms with van der Waals surface area (Å²) in [5.74, 6) is 0.754. The average Bonchev–Trinajstić information content (AvgIpc) is 3.17. The van der Waals surface area contributed by atoms with E-state index in [1.54, 1.807) is 7.11 Å². The second-order valence-electron chi connectivity index (χ2n) is 8.23. The number of nitrogens with one attached hydrogen (secondary N) is 1. The summed E-state index contributed by atoms with van der Waals surface area (Å²) < 4.78 is 7.42. The molecular weight excluding hydrogens is 422 g/mol. The van der Waals surface area contributed by atoms with Crippen LogP contribution < -0.4 is 10.1 Å². The molecule has 32 heavy (non-hydrogen) atoms. The van der Waals surface area contributed by atoms with Crippen LogP contribution in [-0.2, 0) is 0 Å². The zero-order chi connectivity index (χ0) is 22.5. The summed E-state index contributed by atoms with van der Waals surface area (Å²) in [6, 6.07) is 17.5. The summed E-state index contributed by atoms with van der Waals surface area (Å²) in [7, 11) is 1.65. The highest BCUT2D eigenvalue weighted by molar-refractivity contribution is 6.30. The molecule has 3 aromatic rings. The molecule has 1 aliphatic rings. The molecule has 2 heterocycles. The smallest absolute Gasteiger partial charge is 0.253 e. The van der Waals surface area contributed by atoms with Gasteiger partial charge in [-0.25, -0.2) is 0 Å². The van der Waals surface area contributed by atoms with Gasteiger partial charge in [0.2, 0.25) is 0 Å². The van der Waals surface area contributed by atoms with Gasteiger partial charge in [0, 0.05) is 29.5 Å². The van der Waals surface area contributed by atoms with Crippen molar-refractivity contribution in [2.75, 3.05) is 33.3 Å². The Bertz CT molecular complexity index is 1050. The maximum Gasteiger partial charge on any atom is 0.253 e. The van der Waals surface area contributed by atoms with Gasteiger partial charge in [0.1, 0.15) is 5.75 Å². The Morgan fingerprint density at radius 2 is 1.72 bits per heavy atom. The molecule has 0 atom stereocenters. The minimum atomic E-state index is -0.0398. The Labute approximate surface area is 194 Å². The normalized spacial score (nSPS) is 14.3. The molecule has 0 unspecified atom stereocenters. The molecule has 6 heteroatoms. The number of likely N-dealkylation sites (tertiary alicyclic amines) is 1. The molecule has 168 valence electrons. The fraction of sp³-hybridized carbons (Fsp3) is 0.346. The van der Waals surface area contributed by atoms with E-state index in [0.717, 1.165) is 48.0 Å². The number of aromatic nitrogens is 1. The molecule has 1 fully saturated rings. The van der Waals surface area contributed by atoms with Gasteiger partial charge in [-0.05, 0) is 80.9 Å². The summed E-state index contributed by atoms with van der Waals surface area (Å²) in [5, 5.41) is 3.81. The van der Waals surface area contributed by atoms with Crippen molar-refractivity contribution in [3.05, 3.63) is 70.9 Å². The van der Waals surface area contributed by atoms with Crippen LogP contribution in [0.25, 0.3) is 16.9 Å². The number of piperidine rings is 1. The third-order valence-electron chi connectivity index (χ3n) is 6.12. The average molecular weight is 452 g/mol. The summed E-state index contributed by atoms with van der Waals surface area (Å²) >= 11 is 6.11. The van der Waals surface area contributed by atoms with Gasteiger partial charge in [0.25, 0.3) is 5.91 Å². The van der Waals surface area contributed by atoms with Gasteiger partial charge < -0.3 is 19.5 Å². The topological polar surface area (TPSA) is 46.5 Å². The predicted molar refractivity (Wildman–Crippen MR) is 130 cm³/mol. The number of benzene rings is 2. The number of halogens is 1. The van der Waals surface area contributed by atoms with Crippen molar-refractivity contribution in [1.29, 1.82) is 0 Å². The summed E-state index contributed by atoms with van der Waals surface area (Å²) in [4.78, 5) is 15.5. The van der Waals surface area contributed by atoms with Gasteiger partial charge in [-0.2, -0.15) is 0 Å². The SMILES string of the molecule is COc1ccc(-n2c(-c3ccc(Cl)cc3)cc(C(=O)NCCN3CCCCC3)c2C)cc1. The highest BCUT2D eigenvalue weighted by atomic mass is 35.5. The number of methoxy groups -OCH3 is 1. The van der Waals surface area contributed by atoms with Crippen molar-refractivity contribution in [2.24, 2.45) is 0 Å². The van der Waals surface area contributed by atoms with Gasteiger partial charge in [-0.1, -0.05) is 30.2 Å². The number of amides is 1. The number of rotatable bonds is 7. The fourth-order valence-corrected chi connectivity index (χ4v) is 4.47. The van der Waals surface area contributed by atoms with E-state index in [1.807, 2.05) is 61.5 Å². The zero-order valence-electron chi connectivity index (χ0n) is 18.7. The molecule has 5 nitrogen and oxygen atoms in total.